The highest BCUT2D eigenvalue weighted by Gasteiger charge is 2.41. The lowest BCUT2D eigenvalue weighted by Crippen LogP contribution is -2.39. The minimum Gasteiger partial charge on any atom is -0.308 e. The number of aryl methyl sites for hydroxylation is 1. The molecule has 1 aliphatic rings. The molecule has 0 atom stereocenters. The van der Waals surface area contributed by atoms with Crippen molar-refractivity contribution in [3.63, 3.8) is 0 Å². The fourth-order valence-corrected chi connectivity index (χ4v) is 7.19. The van der Waals surface area contributed by atoms with Gasteiger partial charge in [0.05, 0.1) is 10.5 Å². The maximum Gasteiger partial charge on any atom is 0.228 e. The van der Waals surface area contributed by atoms with Gasteiger partial charge in [-0.1, -0.05) is 115 Å². The van der Waals surface area contributed by atoms with E-state index in [0.29, 0.717) is 32.9 Å². The van der Waals surface area contributed by atoms with Gasteiger partial charge in [0.15, 0.2) is 5.82 Å². The summed E-state index contributed by atoms with van der Waals surface area (Å²) in [5, 5.41) is 9.53. The number of hydrogen-bond acceptors (Lipinski definition) is 3. The van der Waals surface area contributed by atoms with E-state index in [0.717, 1.165) is 48.1 Å². The van der Waals surface area contributed by atoms with Crippen LogP contribution in [0.5, 0.6) is 0 Å². The van der Waals surface area contributed by atoms with Crippen molar-refractivity contribution in [1.29, 1.82) is 0 Å². The maximum absolute atomic E-state index is 15.6. The van der Waals surface area contributed by atoms with Crippen LogP contribution in [0.3, 0.4) is 0 Å². The number of nitrogens with one attached hydrogen (secondary N) is 1. The van der Waals surface area contributed by atoms with Crippen molar-refractivity contribution >= 4 is 34.2 Å². The van der Waals surface area contributed by atoms with Crippen LogP contribution < -0.4 is 5.32 Å². The zero-order valence-electron chi connectivity index (χ0n) is 26.5. The molecule has 1 N–H and O–H groups in total. The fraction of sp³-hybridized carbons (Fsp3) is 0.200. The number of aromatic nitrogens is 2. The van der Waals surface area contributed by atoms with Crippen molar-refractivity contribution < 1.29 is 9.18 Å². The number of anilines is 1. The summed E-state index contributed by atoms with van der Waals surface area (Å²) in [6, 6.07) is 40.0. The van der Waals surface area contributed by atoms with Crippen LogP contribution in [0.4, 0.5) is 10.2 Å². The number of likely N-dealkylation sites (tertiary alicyclic amines) is 1. The third-order valence-corrected chi connectivity index (χ3v) is 9.79. The van der Waals surface area contributed by atoms with E-state index in [1.54, 1.807) is 19.1 Å². The lowest BCUT2D eigenvalue weighted by Gasteiger charge is -2.37. The molecule has 0 saturated carbocycles. The van der Waals surface area contributed by atoms with E-state index in [-0.39, 0.29) is 17.6 Å². The van der Waals surface area contributed by atoms with Crippen molar-refractivity contribution in [2.45, 2.75) is 25.3 Å². The van der Waals surface area contributed by atoms with E-state index in [9.17, 15) is 4.79 Å². The topological polar surface area (TPSA) is 50.2 Å². The first-order valence-electron chi connectivity index (χ1n) is 16.0. The number of nitrogens with zero attached hydrogens (tertiary/aromatic N) is 3. The normalized spacial score (nSPS) is 14.4. The highest BCUT2D eigenvalue weighted by atomic mass is 35.5. The Hall–Kier alpha value is -4.78. The molecule has 1 amide bonds. The second-order valence-corrected chi connectivity index (χ2v) is 12.8. The SMILES string of the molecule is Cc1ccc(Cl)c(-c2ccc3c(c2)c(NC(=O)C2CCN(C)CC2)nn3C(c2ccccc2)(c2ccccc2)c2ccccc2)c1F. The summed E-state index contributed by atoms with van der Waals surface area (Å²) in [5.74, 6) is -0.115. The Bertz CT molecular complexity index is 1940. The summed E-state index contributed by atoms with van der Waals surface area (Å²) in [5.41, 5.74) is 4.34. The monoisotopic (exact) mass is 642 g/mol. The molecule has 7 rings (SSSR count). The molecule has 6 aromatic rings. The average Bonchev–Trinajstić information content (AvgIpc) is 3.46. The minimum atomic E-state index is -0.910. The number of benzene rings is 5. The Morgan fingerprint density at radius 3 is 1.94 bits per heavy atom. The van der Waals surface area contributed by atoms with Crippen LogP contribution in [0.15, 0.2) is 121 Å². The summed E-state index contributed by atoms with van der Waals surface area (Å²) < 4.78 is 17.6. The summed E-state index contributed by atoms with van der Waals surface area (Å²) in [6.07, 6.45) is 1.55. The summed E-state index contributed by atoms with van der Waals surface area (Å²) in [7, 11) is 2.08. The largest absolute Gasteiger partial charge is 0.308 e. The van der Waals surface area contributed by atoms with Gasteiger partial charge in [-0.25, -0.2) is 9.07 Å². The second-order valence-electron chi connectivity index (χ2n) is 12.4. The molecule has 2 heterocycles. The molecule has 0 bridgehead atoms. The van der Waals surface area contributed by atoms with Gasteiger partial charge >= 0.3 is 0 Å². The number of carbonyl (C=O) groups is 1. The van der Waals surface area contributed by atoms with Crippen molar-refractivity contribution in [3.8, 4) is 11.1 Å². The molecular formula is C40H36ClFN4O. The highest BCUT2D eigenvalue weighted by molar-refractivity contribution is 6.33. The van der Waals surface area contributed by atoms with Crippen LogP contribution in [0.25, 0.3) is 22.0 Å². The molecule has 0 spiro atoms. The van der Waals surface area contributed by atoms with Crippen molar-refractivity contribution in [2.75, 3.05) is 25.5 Å². The van der Waals surface area contributed by atoms with Gasteiger partial charge in [0.1, 0.15) is 11.4 Å². The number of amides is 1. The zero-order chi connectivity index (χ0) is 32.5. The van der Waals surface area contributed by atoms with Crippen molar-refractivity contribution in [1.82, 2.24) is 14.7 Å². The van der Waals surface area contributed by atoms with Crippen LogP contribution >= 0.6 is 11.6 Å². The van der Waals surface area contributed by atoms with Gasteiger partial charge in [-0.2, -0.15) is 5.10 Å². The summed E-state index contributed by atoms with van der Waals surface area (Å²) in [4.78, 5) is 16.1. The van der Waals surface area contributed by atoms with Gasteiger partial charge in [0.25, 0.3) is 0 Å². The fourth-order valence-electron chi connectivity index (χ4n) is 6.94. The van der Waals surface area contributed by atoms with Gasteiger partial charge in [-0.3, -0.25) is 4.79 Å². The Labute approximate surface area is 279 Å². The highest BCUT2D eigenvalue weighted by Crippen LogP contribution is 2.44. The zero-order valence-corrected chi connectivity index (χ0v) is 27.2. The van der Waals surface area contributed by atoms with Crippen molar-refractivity contribution in [2.24, 2.45) is 5.92 Å². The predicted molar refractivity (Wildman–Crippen MR) is 188 cm³/mol. The van der Waals surface area contributed by atoms with Crippen molar-refractivity contribution in [3.05, 3.63) is 154 Å². The first-order chi connectivity index (χ1) is 22.9. The lowest BCUT2D eigenvalue weighted by atomic mass is 9.77. The number of hydrogen-bond donors (Lipinski definition) is 1. The molecule has 1 fully saturated rings. The van der Waals surface area contributed by atoms with Gasteiger partial charge < -0.3 is 10.2 Å². The van der Waals surface area contributed by atoms with E-state index < -0.39 is 5.54 Å². The van der Waals surface area contributed by atoms with Gasteiger partial charge in [-0.05, 0) is 85.9 Å². The molecule has 7 heteroatoms. The number of halogens is 2. The molecule has 1 saturated heterocycles. The Morgan fingerprint density at radius 1 is 0.830 bits per heavy atom. The Morgan fingerprint density at radius 2 is 1.38 bits per heavy atom. The first-order valence-corrected chi connectivity index (χ1v) is 16.4. The number of piperidine rings is 1. The molecule has 0 unspecified atom stereocenters. The van der Waals surface area contributed by atoms with Gasteiger partial charge in [0, 0.05) is 16.9 Å². The number of carbonyl (C=O) groups excluding carboxylic acids is 1. The summed E-state index contributed by atoms with van der Waals surface area (Å²) >= 11 is 6.61. The second kappa shape index (κ2) is 12.8. The van der Waals surface area contributed by atoms with E-state index in [4.69, 9.17) is 16.7 Å². The van der Waals surface area contributed by atoms with E-state index in [1.165, 1.54) is 0 Å². The number of rotatable bonds is 7. The van der Waals surface area contributed by atoms with E-state index in [1.807, 2.05) is 77.5 Å². The van der Waals surface area contributed by atoms with Crippen LogP contribution in [0.2, 0.25) is 5.02 Å². The summed E-state index contributed by atoms with van der Waals surface area (Å²) in [6.45, 7) is 3.45. The van der Waals surface area contributed by atoms with E-state index >= 15 is 4.39 Å². The molecule has 0 radical (unpaired) electrons. The third-order valence-electron chi connectivity index (χ3n) is 9.48. The van der Waals surface area contributed by atoms with Crippen LogP contribution in [0, 0.1) is 18.7 Å². The minimum absolute atomic E-state index is 0.0560. The molecule has 47 heavy (non-hydrogen) atoms. The van der Waals surface area contributed by atoms with E-state index in [2.05, 4.69) is 53.7 Å². The molecule has 1 aromatic heterocycles. The predicted octanol–water partition coefficient (Wildman–Crippen LogP) is 8.92. The maximum atomic E-state index is 15.6. The molecular weight excluding hydrogens is 607 g/mol. The Balaban J connectivity index is 1.52. The quantitative estimate of drug-likeness (QED) is 0.177. The lowest BCUT2D eigenvalue weighted by molar-refractivity contribution is -0.121. The molecule has 1 aliphatic heterocycles. The van der Waals surface area contributed by atoms with Gasteiger partial charge in [0.2, 0.25) is 5.91 Å². The first kappa shape index (κ1) is 30.9. The standard InChI is InChI=1S/C40H36ClFN4O/c1-27-18-20-34(41)36(37(27)42)29-19-21-35-33(26-29)38(43-39(47)28-22-24-45(2)25-23-28)44-46(35)40(30-12-6-3-7-13-30,31-14-8-4-9-15-31)32-16-10-5-11-17-32/h3-21,26,28H,22-25H2,1-2H3,(H,43,44,47). The third kappa shape index (κ3) is 5.52. The average molecular weight is 643 g/mol. The smallest absolute Gasteiger partial charge is 0.228 e. The molecule has 0 aliphatic carbocycles. The van der Waals surface area contributed by atoms with Gasteiger partial charge in [-0.15, -0.1) is 0 Å². The molecule has 236 valence electrons. The Kier molecular flexibility index (Phi) is 8.39. The van der Waals surface area contributed by atoms with Crippen LogP contribution in [-0.4, -0.2) is 40.7 Å². The molecule has 5 nitrogen and oxygen atoms in total. The number of fused-ring (bicyclic) bond motifs is 1. The molecule has 5 aromatic carbocycles. The van der Waals surface area contributed by atoms with Crippen LogP contribution in [-0.2, 0) is 10.3 Å². The van der Waals surface area contributed by atoms with Crippen LogP contribution in [0.1, 0.15) is 35.1 Å².